The van der Waals surface area contributed by atoms with E-state index in [1.165, 1.54) is 23.8 Å². The Kier molecular flexibility index (Phi) is 6.36. The van der Waals surface area contributed by atoms with Gasteiger partial charge in [-0.2, -0.15) is 5.10 Å². The van der Waals surface area contributed by atoms with Crippen molar-refractivity contribution in [3.8, 4) is 5.69 Å². The number of anilines is 1. The number of carbonyl (C=O) groups is 2. The number of benzene rings is 2. The molecule has 0 saturated carbocycles. The lowest BCUT2D eigenvalue weighted by molar-refractivity contribution is -0.140. The molecule has 172 valence electrons. The molecule has 0 radical (unpaired) electrons. The Bertz CT molecular complexity index is 1210. The summed E-state index contributed by atoms with van der Waals surface area (Å²) in [5.41, 5.74) is 9.25. The monoisotopic (exact) mass is 445 g/mol. The van der Waals surface area contributed by atoms with E-state index in [0.717, 1.165) is 47.7 Å². The second-order valence-electron chi connectivity index (χ2n) is 8.82. The summed E-state index contributed by atoms with van der Waals surface area (Å²) in [7, 11) is 1.40. The van der Waals surface area contributed by atoms with Crippen molar-refractivity contribution >= 4 is 17.6 Å². The van der Waals surface area contributed by atoms with Gasteiger partial charge in [-0.25, -0.2) is 4.68 Å². The summed E-state index contributed by atoms with van der Waals surface area (Å²) in [4.78, 5) is 26.9. The van der Waals surface area contributed by atoms with Crippen LogP contribution < -0.4 is 4.90 Å². The molecule has 0 saturated heterocycles. The molecule has 6 heteroatoms. The van der Waals surface area contributed by atoms with Crippen LogP contribution in [-0.2, 0) is 22.4 Å². The van der Waals surface area contributed by atoms with Crippen LogP contribution in [0.3, 0.4) is 0 Å². The van der Waals surface area contributed by atoms with Gasteiger partial charge in [0.1, 0.15) is 0 Å². The third-order valence-corrected chi connectivity index (χ3v) is 6.55. The summed E-state index contributed by atoms with van der Waals surface area (Å²) in [6, 6.07) is 11.9. The molecule has 4 rings (SSSR count). The number of aromatic nitrogens is 2. The maximum absolute atomic E-state index is 13.4. The number of rotatable bonds is 5. The van der Waals surface area contributed by atoms with Crippen LogP contribution in [0.1, 0.15) is 56.8 Å². The molecule has 0 atom stereocenters. The van der Waals surface area contributed by atoms with E-state index in [1.54, 1.807) is 0 Å². The lowest BCUT2D eigenvalue weighted by Crippen LogP contribution is -2.35. The first kappa shape index (κ1) is 22.8. The van der Waals surface area contributed by atoms with Gasteiger partial charge in [0.15, 0.2) is 0 Å². The number of nitrogens with zero attached hydrogens (tertiary/aromatic N) is 3. The molecule has 0 spiro atoms. The zero-order valence-corrected chi connectivity index (χ0v) is 20.1. The van der Waals surface area contributed by atoms with E-state index in [0.29, 0.717) is 18.4 Å². The molecule has 2 heterocycles. The van der Waals surface area contributed by atoms with Gasteiger partial charge in [-0.3, -0.25) is 9.59 Å². The average Bonchev–Trinajstić information content (AvgIpc) is 3.09. The largest absolute Gasteiger partial charge is 0.469 e. The summed E-state index contributed by atoms with van der Waals surface area (Å²) in [6.07, 6.45) is 2.91. The summed E-state index contributed by atoms with van der Waals surface area (Å²) in [5.74, 6) is -0.200. The van der Waals surface area contributed by atoms with Gasteiger partial charge in [-0.15, -0.1) is 0 Å². The van der Waals surface area contributed by atoms with Crippen LogP contribution in [0.15, 0.2) is 36.4 Å². The SMILES string of the molecule is COC(=O)CCc1c(C)nn(-c2ccc(C(=O)N3CCCc4c(C)cc(C)cc43)cc2)c1C. The van der Waals surface area contributed by atoms with Crippen LogP contribution in [0.4, 0.5) is 5.69 Å². The topological polar surface area (TPSA) is 64.4 Å². The highest BCUT2D eigenvalue weighted by Crippen LogP contribution is 2.32. The fourth-order valence-corrected chi connectivity index (χ4v) is 4.80. The minimum atomic E-state index is -0.228. The minimum Gasteiger partial charge on any atom is -0.469 e. The Morgan fingerprint density at radius 2 is 1.79 bits per heavy atom. The molecule has 1 aliphatic rings. The van der Waals surface area contributed by atoms with E-state index >= 15 is 0 Å². The lowest BCUT2D eigenvalue weighted by Gasteiger charge is -2.31. The van der Waals surface area contributed by atoms with Gasteiger partial charge in [0, 0.05) is 29.9 Å². The minimum absolute atomic E-state index is 0.0274. The zero-order chi connectivity index (χ0) is 23.7. The standard InChI is InChI=1S/C27H31N3O3/c1-17-15-18(2)23-7-6-14-29(25(23)16-17)27(32)21-8-10-22(11-9-21)30-20(4)24(19(3)28-30)12-13-26(31)33-5/h8-11,15-16H,6-7,12-14H2,1-5H3. The van der Waals surface area contributed by atoms with Crippen LogP contribution >= 0.6 is 0 Å². The first-order valence-corrected chi connectivity index (χ1v) is 11.4. The van der Waals surface area contributed by atoms with Gasteiger partial charge < -0.3 is 9.64 Å². The number of carbonyl (C=O) groups excluding carboxylic acids is 2. The first-order chi connectivity index (χ1) is 15.8. The van der Waals surface area contributed by atoms with Crippen molar-refractivity contribution in [1.29, 1.82) is 0 Å². The maximum Gasteiger partial charge on any atom is 0.305 e. The van der Waals surface area contributed by atoms with Crippen molar-refractivity contribution in [2.75, 3.05) is 18.6 Å². The smallest absolute Gasteiger partial charge is 0.305 e. The van der Waals surface area contributed by atoms with Gasteiger partial charge >= 0.3 is 5.97 Å². The van der Waals surface area contributed by atoms with E-state index in [2.05, 4.69) is 31.1 Å². The molecule has 0 N–H and O–H groups in total. The van der Waals surface area contributed by atoms with E-state index in [1.807, 2.05) is 47.7 Å². The van der Waals surface area contributed by atoms with Crippen LogP contribution in [0, 0.1) is 27.7 Å². The number of aryl methyl sites for hydroxylation is 3. The van der Waals surface area contributed by atoms with Gasteiger partial charge in [0.2, 0.25) is 0 Å². The molecule has 3 aromatic rings. The Labute approximate surface area is 195 Å². The predicted molar refractivity (Wildman–Crippen MR) is 129 cm³/mol. The van der Waals surface area contributed by atoms with E-state index < -0.39 is 0 Å². The highest BCUT2D eigenvalue weighted by molar-refractivity contribution is 6.07. The van der Waals surface area contributed by atoms with Crippen molar-refractivity contribution in [2.45, 2.75) is 53.4 Å². The van der Waals surface area contributed by atoms with Gasteiger partial charge in [0.25, 0.3) is 5.91 Å². The van der Waals surface area contributed by atoms with Crippen molar-refractivity contribution in [3.05, 3.63) is 75.6 Å². The third kappa shape index (κ3) is 4.42. The van der Waals surface area contributed by atoms with E-state index in [4.69, 9.17) is 4.74 Å². The number of methoxy groups -OCH3 is 1. The lowest BCUT2D eigenvalue weighted by atomic mass is 9.94. The quantitative estimate of drug-likeness (QED) is 0.529. The molecule has 0 bridgehead atoms. The number of hydrogen-bond donors (Lipinski definition) is 0. The number of fused-ring (bicyclic) bond motifs is 1. The predicted octanol–water partition coefficient (Wildman–Crippen LogP) is 4.80. The van der Waals surface area contributed by atoms with Gasteiger partial charge in [-0.1, -0.05) is 6.07 Å². The molecule has 6 nitrogen and oxygen atoms in total. The molecule has 0 aliphatic carbocycles. The van der Waals surface area contributed by atoms with Crippen molar-refractivity contribution in [2.24, 2.45) is 0 Å². The maximum atomic E-state index is 13.4. The number of hydrogen-bond acceptors (Lipinski definition) is 4. The highest BCUT2D eigenvalue weighted by Gasteiger charge is 2.25. The summed E-state index contributed by atoms with van der Waals surface area (Å²) in [6.45, 7) is 8.89. The van der Waals surface area contributed by atoms with Gasteiger partial charge in [0.05, 0.1) is 18.5 Å². The fourth-order valence-electron chi connectivity index (χ4n) is 4.80. The van der Waals surface area contributed by atoms with Crippen molar-refractivity contribution in [1.82, 2.24) is 9.78 Å². The molecular formula is C27H31N3O3. The first-order valence-electron chi connectivity index (χ1n) is 11.4. The Morgan fingerprint density at radius 1 is 1.06 bits per heavy atom. The zero-order valence-electron chi connectivity index (χ0n) is 20.1. The van der Waals surface area contributed by atoms with Crippen LogP contribution in [0.25, 0.3) is 5.69 Å². The average molecular weight is 446 g/mol. The molecule has 1 aromatic heterocycles. The second-order valence-corrected chi connectivity index (χ2v) is 8.82. The number of amides is 1. The highest BCUT2D eigenvalue weighted by atomic mass is 16.5. The summed E-state index contributed by atoms with van der Waals surface area (Å²) in [5, 5.41) is 4.67. The molecule has 0 fully saturated rings. The molecule has 2 aromatic carbocycles. The molecule has 33 heavy (non-hydrogen) atoms. The summed E-state index contributed by atoms with van der Waals surface area (Å²) >= 11 is 0. The van der Waals surface area contributed by atoms with Crippen molar-refractivity contribution < 1.29 is 14.3 Å². The Balaban J connectivity index is 1.58. The summed E-state index contributed by atoms with van der Waals surface area (Å²) < 4.78 is 6.64. The molecule has 1 amide bonds. The molecular weight excluding hydrogens is 414 g/mol. The van der Waals surface area contributed by atoms with E-state index in [-0.39, 0.29) is 11.9 Å². The third-order valence-electron chi connectivity index (χ3n) is 6.55. The van der Waals surface area contributed by atoms with Crippen LogP contribution in [-0.4, -0.2) is 35.3 Å². The van der Waals surface area contributed by atoms with Gasteiger partial charge in [-0.05, 0) is 99.5 Å². The van der Waals surface area contributed by atoms with Crippen LogP contribution in [0.5, 0.6) is 0 Å². The van der Waals surface area contributed by atoms with E-state index in [9.17, 15) is 9.59 Å². The van der Waals surface area contributed by atoms with Crippen LogP contribution in [0.2, 0.25) is 0 Å². The number of ether oxygens (including phenoxy) is 1. The fraction of sp³-hybridized carbons (Fsp3) is 0.370. The Hall–Kier alpha value is -3.41. The second kappa shape index (κ2) is 9.22. The molecule has 0 unspecified atom stereocenters. The Morgan fingerprint density at radius 3 is 2.48 bits per heavy atom. The number of esters is 1. The normalized spacial score (nSPS) is 13.1. The van der Waals surface area contributed by atoms with Crippen molar-refractivity contribution in [3.63, 3.8) is 0 Å². The molecule has 1 aliphatic heterocycles.